The first-order valence-electron chi connectivity index (χ1n) is 7.89. The van der Waals surface area contributed by atoms with Crippen molar-refractivity contribution in [1.82, 2.24) is 9.88 Å². The molecule has 1 aliphatic heterocycles. The van der Waals surface area contributed by atoms with Crippen LogP contribution in [-0.2, 0) is 4.74 Å². The molecule has 1 aromatic carbocycles. The number of nitrogens with zero attached hydrogens (tertiary/aromatic N) is 3. The average Bonchev–Trinajstić information content (AvgIpc) is 2.63. The molecular formula is C18H19N5O2S. The van der Waals surface area contributed by atoms with Gasteiger partial charge in [0.25, 0.3) is 0 Å². The summed E-state index contributed by atoms with van der Waals surface area (Å²) in [5, 5.41) is 27.7. The molecule has 2 heterocycles. The lowest BCUT2D eigenvalue weighted by Gasteiger charge is -2.21. The number of nitriles is 2. The van der Waals surface area contributed by atoms with Crippen molar-refractivity contribution < 1.29 is 9.84 Å². The van der Waals surface area contributed by atoms with E-state index in [2.05, 4.69) is 16.9 Å². The molecule has 0 unspecified atom stereocenters. The fraction of sp³-hybridized carbons (Fsp3) is 0.278. The van der Waals surface area contributed by atoms with Crippen LogP contribution in [-0.4, -0.2) is 48.3 Å². The molecule has 0 radical (unpaired) electrons. The molecule has 8 heteroatoms. The monoisotopic (exact) mass is 369 g/mol. The minimum Gasteiger partial charge on any atom is -0.508 e. The first kappa shape index (κ1) is 19.4. The number of hydrogen-bond acceptors (Lipinski definition) is 7. The number of pyridine rings is 1. The van der Waals surface area contributed by atoms with Gasteiger partial charge >= 0.3 is 0 Å². The van der Waals surface area contributed by atoms with Gasteiger partial charge in [0.2, 0.25) is 0 Å². The van der Waals surface area contributed by atoms with Crippen LogP contribution in [0.5, 0.6) is 5.75 Å². The van der Waals surface area contributed by atoms with Gasteiger partial charge in [-0.15, -0.1) is 0 Å². The van der Waals surface area contributed by atoms with E-state index in [-0.39, 0.29) is 27.3 Å². The Morgan fingerprint density at radius 3 is 2.19 bits per heavy atom. The molecule has 4 N–H and O–H groups in total. The third-order valence-corrected chi connectivity index (χ3v) is 4.17. The second-order valence-electron chi connectivity index (χ2n) is 5.68. The number of nitrogens with two attached hydrogens (primary N) is 1. The summed E-state index contributed by atoms with van der Waals surface area (Å²) in [4.78, 5) is 4.90. The molecule has 0 saturated carbocycles. The topological polar surface area (TPSA) is 122 Å². The summed E-state index contributed by atoms with van der Waals surface area (Å²) in [5.74, 6) is 0.212. The second-order valence-corrected chi connectivity index (χ2v) is 6.09. The number of rotatable bonds is 1. The van der Waals surface area contributed by atoms with Crippen LogP contribution in [0.15, 0.2) is 24.3 Å². The van der Waals surface area contributed by atoms with E-state index < -0.39 is 0 Å². The Hall–Kier alpha value is -2.91. The highest BCUT2D eigenvalue weighted by Gasteiger charge is 2.16. The van der Waals surface area contributed by atoms with Crippen LogP contribution >= 0.6 is 12.2 Å². The molecule has 0 amide bonds. The van der Waals surface area contributed by atoms with Crippen molar-refractivity contribution in [1.29, 1.82) is 10.5 Å². The molecule has 0 spiro atoms. The highest BCUT2D eigenvalue weighted by atomic mass is 32.1. The highest BCUT2D eigenvalue weighted by Crippen LogP contribution is 2.31. The van der Waals surface area contributed by atoms with Gasteiger partial charge in [-0.05, 0) is 24.7 Å². The fourth-order valence-corrected chi connectivity index (χ4v) is 2.67. The predicted molar refractivity (Wildman–Crippen MR) is 101 cm³/mol. The molecule has 26 heavy (non-hydrogen) atoms. The van der Waals surface area contributed by atoms with E-state index in [0.29, 0.717) is 11.1 Å². The molecule has 0 bridgehead atoms. The van der Waals surface area contributed by atoms with Gasteiger partial charge in [0.05, 0.1) is 18.8 Å². The van der Waals surface area contributed by atoms with Crippen LogP contribution in [0.1, 0.15) is 11.1 Å². The molecule has 1 aromatic heterocycles. The number of aromatic nitrogens is 1. The standard InChI is InChI=1S/C13H8N4OS.C5H11NO/c14-5-9-11(7-1-3-8(18)4-2-7)10(6-15)13(19)17-12(9)16;1-6-2-4-7-5-3-6/h1-4,18H,(H3,16,17,19);2-5H2,1H3. The lowest BCUT2D eigenvalue weighted by molar-refractivity contribution is 0.0503. The molecule has 1 fully saturated rings. The van der Waals surface area contributed by atoms with E-state index >= 15 is 0 Å². The van der Waals surface area contributed by atoms with E-state index in [1.54, 1.807) is 12.1 Å². The number of likely N-dealkylation sites (N-methyl/N-ethyl adjacent to an activating group) is 1. The zero-order valence-corrected chi connectivity index (χ0v) is 15.1. The van der Waals surface area contributed by atoms with Crippen molar-refractivity contribution in [2.45, 2.75) is 0 Å². The van der Waals surface area contributed by atoms with E-state index in [1.807, 2.05) is 12.1 Å². The summed E-state index contributed by atoms with van der Waals surface area (Å²) in [7, 11) is 2.11. The van der Waals surface area contributed by atoms with Crippen LogP contribution in [0.25, 0.3) is 11.1 Å². The quantitative estimate of drug-likeness (QED) is 0.660. The number of nitrogens with one attached hydrogen (secondary N) is 1. The number of aromatic amines is 1. The molecule has 7 nitrogen and oxygen atoms in total. The first-order valence-corrected chi connectivity index (χ1v) is 8.30. The summed E-state index contributed by atoms with van der Waals surface area (Å²) < 4.78 is 5.28. The lowest BCUT2D eigenvalue weighted by Crippen LogP contribution is -2.32. The van der Waals surface area contributed by atoms with Crippen molar-refractivity contribution in [3.8, 4) is 29.0 Å². The van der Waals surface area contributed by atoms with Crippen molar-refractivity contribution in [2.24, 2.45) is 0 Å². The smallest absolute Gasteiger partial charge is 0.123 e. The molecule has 0 atom stereocenters. The minimum atomic E-state index is 0.0924. The number of H-pyrrole nitrogens is 1. The summed E-state index contributed by atoms with van der Waals surface area (Å²) in [6.45, 7) is 4.02. The summed E-state index contributed by atoms with van der Waals surface area (Å²) in [6.07, 6.45) is 0. The van der Waals surface area contributed by atoms with E-state index in [0.717, 1.165) is 26.3 Å². The van der Waals surface area contributed by atoms with E-state index in [1.165, 1.54) is 12.1 Å². The number of anilines is 1. The minimum absolute atomic E-state index is 0.0924. The second kappa shape index (κ2) is 8.97. The number of morpholine rings is 1. The predicted octanol–water partition coefficient (Wildman–Crippen LogP) is 2.39. The third kappa shape index (κ3) is 4.58. The summed E-state index contributed by atoms with van der Waals surface area (Å²) >= 11 is 5.04. The Kier molecular flexibility index (Phi) is 6.70. The maximum Gasteiger partial charge on any atom is 0.123 e. The number of hydrogen-bond donors (Lipinski definition) is 3. The number of nitrogen functional groups attached to an aromatic ring is 1. The van der Waals surface area contributed by atoms with Gasteiger partial charge in [-0.2, -0.15) is 10.5 Å². The number of ether oxygens (including phenoxy) is 1. The molecule has 134 valence electrons. The molecule has 1 saturated heterocycles. The van der Waals surface area contributed by atoms with Crippen LogP contribution in [0.3, 0.4) is 0 Å². The number of phenols is 1. The Morgan fingerprint density at radius 2 is 1.73 bits per heavy atom. The lowest BCUT2D eigenvalue weighted by atomic mass is 9.97. The van der Waals surface area contributed by atoms with Crippen LogP contribution in [0.4, 0.5) is 5.82 Å². The van der Waals surface area contributed by atoms with Crippen molar-refractivity contribution >= 4 is 18.0 Å². The van der Waals surface area contributed by atoms with Gasteiger partial charge in [-0.1, -0.05) is 24.4 Å². The van der Waals surface area contributed by atoms with Crippen LogP contribution in [0, 0.1) is 27.3 Å². The van der Waals surface area contributed by atoms with E-state index in [9.17, 15) is 15.6 Å². The molecule has 1 aliphatic rings. The summed E-state index contributed by atoms with van der Waals surface area (Å²) in [5.41, 5.74) is 7.05. The van der Waals surface area contributed by atoms with Crippen molar-refractivity contribution in [3.63, 3.8) is 0 Å². The van der Waals surface area contributed by atoms with E-state index in [4.69, 9.17) is 22.7 Å². The fourth-order valence-electron chi connectivity index (χ4n) is 2.41. The molecular weight excluding hydrogens is 350 g/mol. The van der Waals surface area contributed by atoms with Crippen LogP contribution < -0.4 is 5.73 Å². The van der Waals surface area contributed by atoms with Crippen molar-refractivity contribution in [3.05, 3.63) is 40.0 Å². The third-order valence-electron chi connectivity index (χ3n) is 3.86. The number of phenolic OH excluding ortho intramolecular Hbond substituents is 1. The van der Waals surface area contributed by atoms with Gasteiger partial charge in [0, 0.05) is 18.7 Å². The Morgan fingerprint density at radius 1 is 1.15 bits per heavy atom. The Labute approximate surface area is 156 Å². The molecule has 0 aliphatic carbocycles. The van der Waals surface area contributed by atoms with Crippen LogP contribution in [0.2, 0.25) is 0 Å². The number of aromatic hydroxyl groups is 1. The van der Waals surface area contributed by atoms with Gasteiger partial charge in [0.1, 0.15) is 33.9 Å². The van der Waals surface area contributed by atoms with Crippen molar-refractivity contribution in [2.75, 3.05) is 39.1 Å². The molecule has 3 rings (SSSR count). The average molecular weight is 369 g/mol. The number of benzene rings is 1. The first-order chi connectivity index (χ1) is 12.5. The SMILES string of the molecule is CN1CCOCC1.N#Cc1c(N)[nH]c(=S)c(C#N)c1-c1ccc(O)cc1. The zero-order valence-electron chi connectivity index (χ0n) is 14.3. The zero-order chi connectivity index (χ0) is 19.1. The van der Waals surface area contributed by atoms with Gasteiger partial charge in [0.15, 0.2) is 0 Å². The van der Waals surface area contributed by atoms with Gasteiger partial charge in [-0.3, -0.25) is 0 Å². The Bertz CT molecular complexity index is 903. The normalized spacial score (nSPS) is 13.8. The highest BCUT2D eigenvalue weighted by molar-refractivity contribution is 7.71. The van der Waals surface area contributed by atoms with Gasteiger partial charge < -0.3 is 25.5 Å². The molecule has 2 aromatic rings. The Balaban J connectivity index is 0.000000290. The maximum absolute atomic E-state index is 9.28. The maximum atomic E-state index is 9.28. The largest absolute Gasteiger partial charge is 0.508 e. The summed E-state index contributed by atoms with van der Waals surface area (Å²) in [6, 6.07) is 10.1. The van der Waals surface area contributed by atoms with Gasteiger partial charge in [-0.25, -0.2) is 0 Å².